The molecule has 3 aromatic rings. The predicted octanol–water partition coefficient (Wildman–Crippen LogP) is 5.59. The van der Waals surface area contributed by atoms with Crippen molar-refractivity contribution in [1.29, 1.82) is 0 Å². The van der Waals surface area contributed by atoms with Gasteiger partial charge in [-0.2, -0.15) is 0 Å². The Morgan fingerprint density at radius 3 is 2.25 bits per heavy atom. The molecule has 0 aromatic heterocycles. The number of rotatable bonds is 4. The summed E-state index contributed by atoms with van der Waals surface area (Å²) in [5, 5.41) is 0. The highest BCUT2D eigenvalue weighted by Crippen LogP contribution is 2.30. The zero-order chi connectivity index (χ0) is 21.9. The predicted molar refractivity (Wildman–Crippen MR) is 126 cm³/mol. The quantitative estimate of drug-likeness (QED) is 0.541. The number of likely N-dealkylation sites (tertiary alicyclic amines) is 2. The van der Waals surface area contributed by atoms with Gasteiger partial charge in [0.15, 0.2) is 0 Å². The van der Waals surface area contributed by atoms with Crippen LogP contribution in [0.15, 0.2) is 78.9 Å². The topological polar surface area (TPSA) is 23.6 Å². The molecular formula is C28H29FN2O. The number of benzene rings is 3. The number of hydrogen-bond acceptors (Lipinski definition) is 2. The molecule has 164 valence electrons. The zero-order valence-corrected chi connectivity index (χ0v) is 18.3. The maximum Gasteiger partial charge on any atom is 0.253 e. The van der Waals surface area contributed by atoms with E-state index in [9.17, 15) is 9.18 Å². The van der Waals surface area contributed by atoms with E-state index in [1.54, 1.807) is 6.07 Å². The van der Waals surface area contributed by atoms with Gasteiger partial charge in [-0.25, -0.2) is 4.39 Å². The van der Waals surface area contributed by atoms with Gasteiger partial charge in [0.1, 0.15) is 5.82 Å². The van der Waals surface area contributed by atoms with Crippen LogP contribution < -0.4 is 0 Å². The van der Waals surface area contributed by atoms with Gasteiger partial charge in [0, 0.05) is 24.7 Å². The van der Waals surface area contributed by atoms with Crippen LogP contribution in [-0.4, -0.2) is 47.9 Å². The molecule has 2 aliphatic rings. The molecule has 0 spiro atoms. The Morgan fingerprint density at radius 1 is 0.781 bits per heavy atom. The minimum Gasteiger partial charge on any atom is -0.337 e. The number of nitrogens with zero attached hydrogens (tertiary/aromatic N) is 2. The molecule has 0 bridgehead atoms. The van der Waals surface area contributed by atoms with E-state index in [2.05, 4.69) is 35.2 Å². The lowest BCUT2D eigenvalue weighted by Crippen LogP contribution is -2.43. The Bertz CT molecular complexity index is 1060. The summed E-state index contributed by atoms with van der Waals surface area (Å²) in [6.07, 6.45) is 3.43. The summed E-state index contributed by atoms with van der Waals surface area (Å²) in [7, 11) is 0. The van der Waals surface area contributed by atoms with Crippen molar-refractivity contribution >= 4 is 5.91 Å². The summed E-state index contributed by atoms with van der Waals surface area (Å²) in [5.41, 5.74) is 3.90. The second kappa shape index (κ2) is 9.25. The van der Waals surface area contributed by atoms with Crippen LogP contribution in [0.25, 0.3) is 11.1 Å². The van der Waals surface area contributed by atoms with Crippen LogP contribution in [0.4, 0.5) is 4.39 Å². The Kier molecular flexibility index (Phi) is 6.04. The highest BCUT2D eigenvalue weighted by Gasteiger charge is 2.33. The average Bonchev–Trinajstić information content (AvgIpc) is 3.35. The van der Waals surface area contributed by atoms with Gasteiger partial charge < -0.3 is 4.90 Å². The van der Waals surface area contributed by atoms with E-state index >= 15 is 0 Å². The fraction of sp³-hybridized carbons (Fsp3) is 0.321. The third-order valence-electron chi connectivity index (χ3n) is 7.06. The van der Waals surface area contributed by atoms with Crippen LogP contribution in [0.2, 0.25) is 0 Å². The molecule has 1 amide bonds. The van der Waals surface area contributed by atoms with Crippen LogP contribution in [0.3, 0.4) is 0 Å². The van der Waals surface area contributed by atoms with E-state index in [1.165, 1.54) is 30.5 Å². The van der Waals surface area contributed by atoms with Crippen molar-refractivity contribution in [2.45, 2.75) is 31.2 Å². The molecule has 32 heavy (non-hydrogen) atoms. The molecule has 0 aliphatic carbocycles. The Balaban J connectivity index is 1.17. The van der Waals surface area contributed by atoms with Crippen molar-refractivity contribution in [3.8, 4) is 11.1 Å². The lowest BCUT2D eigenvalue weighted by atomic mass is 9.89. The van der Waals surface area contributed by atoms with E-state index in [0.29, 0.717) is 17.5 Å². The Morgan fingerprint density at radius 2 is 1.53 bits per heavy atom. The first-order chi connectivity index (χ1) is 15.7. The molecule has 2 saturated heterocycles. The largest absolute Gasteiger partial charge is 0.337 e. The highest BCUT2D eigenvalue weighted by molar-refractivity contribution is 5.95. The normalized spacial score (nSPS) is 19.9. The summed E-state index contributed by atoms with van der Waals surface area (Å²) in [6, 6.07) is 25.4. The van der Waals surface area contributed by atoms with E-state index in [4.69, 9.17) is 0 Å². The minimum absolute atomic E-state index is 0.0949. The van der Waals surface area contributed by atoms with Crippen LogP contribution in [0.1, 0.15) is 41.1 Å². The Labute approximate surface area is 189 Å². The monoisotopic (exact) mass is 428 g/mol. The molecule has 2 aliphatic heterocycles. The maximum absolute atomic E-state index is 13.5. The fourth-order valence-electron chi connectivity index (χ4n) is 5.20. The van der Waals surface area contributed by atoms with Gasteiger partial charge in [0.25, 0.3) is 5.91 Å². The van der Waals surface area contributed by atoms with Gasteiger partial charge >= 0.3 is 0 Å². The molecular weight excluding hydrogens is 399 g/mol. The van der Waals surface area contributed by atoms with Crippen LogP contribution in [0, 0.1) is 5.82 Å². The van der Waals surface area contributed by atoms with Crippen molar-refractivity contribution < 1.29 is 9.18 Å². The summed E-state index contributed by atoms with van der Waals surface area (Å²) in [5.74, 6) is 0.499. The van der Waals surface area contributed by atoms with Gasteiger partial charge in [-0.15, -0.1) is 0 Å². The van der Waals surface area contributed by atoms with E-state index in [-0.39, 0.29) is 11.7 Å². The summed E-state index contributed by atoms with van der Waals surface area (Å²) in [6.45, 7) is 3.83. The van der Waals surface area contributed by atoms with Crippen LogP contribution >= 0.6 is 0 Å². The molecule has 3 aromatic carbocycles. The maximum atomic E-state index is 13.5. The van der Waals surface area contributed by atoms with E-state index in [0.717, 1.165) is 43.7 Å². The first-order valence-corrected chi connectivity index (χ1v) is 11.6. The molecule has 1 atom stereocenters. The van der Waals surface area contributed by atoms with Crippen molar-refractivity contribution in [3.05, 3.63) is 95.8 Å². The zero-order valence-electron chi connectivity index (χ0n) is 18.3. The molecule has 0 saturated carbocycles. The number of carbonyl (C=O) groups excluding carboxylic acids is 1. The Hall–Kier alpha value is -2.98. The SMILES string of the molecule is O=C(c1ccc(-c2cccc(F)c2)cc1)N1CCC(N2CCC(c3ccccc3)CC2)C1. The minimum atomic E-state index is -0.251. The first kappa shape index (κ1) is 20.9. The van der Waals surface area contributed by atoms with Gasteiger partial charge in [-0.1, -0.05) is 54.6 Å². The molecule has 0 N–H and O–H groups in total. The van der Waals surface area contributed by atoms with Crippen molar-refractivity contribution in [2.24, 2.45) is 0 Å². The fourth-order valence-corrected chi connectivity index (χ4v) is 5.20. The lowest BCUT2D eigenvalue weighted by Gasteiger charge is -2.36. The van der Waals surface area contributed by atoms with Crippen molar-refractivity contribution in [3.63, 3.8) is 0 Å². The first-order valence-electron chi connectivity index (χ1n) is 11.6. The standard InChI is InChI=1S/C28H29FN2O/c29-26-8-4-7-25(19-26)22-9-11-24(12-10-22)28(32)31-18-15-27(20-31)30-16-13-23(14-17-30)21-5-2-1-3-6-21/h1-12,19,23,27H,13-18,20H2. The molecule has 2 heterocycles. The smallest absolute Gasteiger partial charge is 0.253 e. The molecule has 4 heteroatoms. The molecule has 3 nitrogen and oxygen atoms in total. The number of hydrogen-bond donors (Lipinski definition) is 0. The molecule has 2 fully saturated rings. The third-order valence-corrected chi connectivity index (χ3v) is 7.06. The number of carbonyl (C=O) groups is 1. The van der Waals surface area contributed by atoms with Crippen molar-refractivity contribution in [1.82, 2.24) is 9.80 Å². The second-order valence-electron chi connectivity index (χ2n) is 9.00. The number of piperidine rings is 1. The molecule has 5 rings (SSSR count). The number of amides is 1. The van der Waals surface area contributed by atoms with Gasteiger partial charge in [-0.05, 0) is 79.2 Å². The van der Waals surface area contributed by atoms with Crippen LogP contribution in [-0.2, 0) is 0 Å². The highest BCUT2D eigenvalue weighted by atomic mass is 19.1. The summed E-state index contributed by atoms with van der Waals surface area (Å²) >= 11 is 0. The lowest BCUT2D eigenvalue weighted by molar-refractivity contribution is 0.0769. The van der Waals surface area contributed by atoms with Gasteiger partial charge in [0.2, 0.25) is 0 Å². The summed E-state index contributed by atoms with van der Waals surface area (Å²) in [4.78, 5) is 17.6. The molecule has 0 radical (unpaired) electrons. The third kappa shape index (κ3) is 4.46. The number of halogens is 1. The van der Waals surface area contributed by atoms with Crippen LogP contribution in [0.5, 0.6) is 0 Å². The van der Waals surface area contributed by atoms with Gasteiger partial charge in [0.05, 0.1) is 0 Å². The van der Waals surface area contributed by atoms with Crippen molar-refractivity contribution in [2.75, 3.05) is 26.2 Å². The van der Waals surface area contributed by atoms with E-state index < -0.39 is 0 Å². The average molecular weight is 429 g/mol. The summed E-state index contributed by atoms with van der Waals surface area (Å²) < 4.78 is 13.5. The molecule has 1 unspecified atom stereocenters. The second-order valence-corrected chi connectivity index (χ2v) is 9.00. The van der Waals surface area contributed by atoms with Gasteiger partial charge in [-0.3, -0.25) is 9.69 Å². The van der Waals surface area contributed by atoms with E-state index in [1.807, 2.05) is 35.2 Å².